The van der Waals surface area contributed by atoms with Crippen LogP contribution in [0.25, 0.3) is 0 Å². The van der Waals surface area contributed by atoms with Crippen LogP contribution in [0.4, 0.5) is 5.69 Å². The minimum Gasteiger partial charge on any atom is -0.496 e. The molecule has 1 fully saturated rings. The van der Waals surface area contributed by atoms with Crippen LogP contribution < -0.4 is 9.64 Å². The Balaban J connectivity index is 1.61. The number of nitrogens with zero attached hydrogens (tertiary/aromatic N) is 1. The van der Waals surface area contributed by atoms with E-state index in [1.54, 1.807) is 25.3 Å². The van der Waals surface area contributed by atoms with Crippen molar-refractivity contribution in [2.75, 3.05) is 20.2 Å². The molecule has 1 aliphatic heterocycles. The van der Waals surface area contributed by atoms with Crippen molar-refractivity contribution in [3.8, 4) is 5.75 Å². The summed E-state index contributed by atoms with van der Waals surface area (Å²) in [6.45, 7) is 3.00. The van der Waals surface area contributed by atoms with Gasteiger partial charge in [-0.15, -0.1) is 0 Å². The van der Waals surface area contributed by atoms with Gasteiger partial charge in [-0.1, -0.05) is 30.3 Å². The van der Waals surface area contributed by atoms with E-state index in [0.717, 1.165) is 43.8 Å². The van der Waals surface area contributed by atoms with Crippen LogP contribution in [0.1, 0.15) is 29.9 Å². The highest BCUT2D eigenvalue weighted by atomic mass is 16.6. The van der Waals surface area contributed by atoms with E-state index in [9.17, 15) is 10.1 Å². The van der Waals surface area contributed by atoms with Crippen molar-refractivity contribution in [3.63, 3.8) is 0 Å². The zero-order valence-corrected chi connectivity index (χ0v) is 13.9. The van der Waals surface area contributed by atoms with Crippen LogP contribution in [0.5, 0.6) is 5.75 Å². The van der Waals surface area contributed by atoms with E-state index in [2.05, 4.69) is 12.1 Å². The summed E-state index contributed by atoms with van der Waals surface area (Å²) in [5.41, 5.74) is 2.51. The number of nitro groups is 1. The van der Waals surface area contributed by atoms with Crippen molar-refractivity contribution in [1.29, 1.82) is 0 Å². The number of piperidine rings is 1. The lowest BCUT2D eigenvalue weighted by Crippen LogP contribution is -3.11. The van der Waals surface area contributed by atoms with Gasteiger partial charge in [0.05, 0.1) is 25.1 Å². The fraction of sp³-hybridized carbons (Fsp3) is 0.368. The summed E-state index contributed by atoms with van der Waals surface area (Å²) < 4.78 is 5.49. The standard InChI is InChI=1S/C19H22N2O3/c1-24-19-8-3-2-7-18(19)16-9-11-20(12-10-16)14-15-5-4-6-17(13-15)21(22)23/h2-8,13,16H,9-12,14H2,1H3/p+1. The number of nitro benzene ring substituents is 1. The van der Waals surface area contributed by atoms with Crippen LogP contribution in [0.2, 0.25) is 0 Å². The minimum absolute atomic E-state index is 0.177. The Morgan fingerprint density at radius 1 is 1.17 bits per heavy atom. The van der Waals surface area contributed by atoms with Crippen LogP contribution in [0.3, 0.4) is 0 Å². The van der Waals surface area contributed by atoms with Gasteiger partial charge in [-0.05, 0) is 17.5 Å². The van der Waals surface area contributed by atoms with Crippen molar-refractivity contribution in [2.45, 2.75) is 25.3 Å². The summed E-state index contributed by atoms with van der Waals surface area (Å²) in [6.07, 6.45) is 2.23. The third-order valence-electron chi connectivity index (χ3n) is 4.85. The average molecular weight is 327 g/mol. The Morgan fingerprint density at radius 2 is 1.92 bits per heavy atom. The molecule has 0 saturated carbocycles. The second kappa shape index (κ2) is 7.45. The van der Waals surface area contributed by atoms with E-state index in [1.807, 2.05) is 18.2 Å². The smallest absolute Gasteiger partial charge is 0.269 e. The highest BCUT2D eigenvalue weighted by molar-refractivity contribution is 5.36. The summed E-state index contributed by atoms with van der Waals surface area (Å²) in [5.74, 6) is 1.51. The number of rotatable bonds is 5. The van der Waals surface area contributed by atoms with E-state index < -0.39 is 0 Å². The van der Waals surface area contributed by atoms with Crippen molar-refractivity contribution >= 4 is 5.69 Å². The molecule has 0 radical (unpaired) electrons. The third-order valence-corrected chi connectivity index (χ3v) is 4.85. The summed E-state index contributed by atoms with van der Waals surface area (Å²) >= 11 is 0. The predicted molar refractivity (Wildman–Crippen MR) is 92.5 cm³/mol. The SMILES string of the molecule is COc1ccccc1C1CC[NH+](Cc2cccc([N+](=O)[O-])c2)CC1. The molecular formula is C19H23N2O3+. The van der Waals surface area contributed by atoms with E-state index in [4.69, 9.17) is 4.74 Å². The molecule has 0 atom stereocenters. The number of hydrogen-bond acceptors (Lipinski definition) is 3. The molecule has 1 N–H and O–H groups in total. The quantitative estimate of drug-likeness (QED) is 0.678. The number of ether oxygens (including phenoxy) is 1. The first-order chi connectivity index (χ1) is 11.7. The lowest BCUT2D eigenvalue weighted by molar-refractivity contribution is -0.919. The molecule has 0 aliphatic carbocycles. The molecule has 24 heavy (non-hydrogen) atoms. The normalized spacial score (nSPS) is 20.5. The van der Waals surface area contributed by atoms with Crippen LogP contribution in [0.15, 0.2) is 48.5 Å². The molecule has 3 rings (SSSR count). The molecule has 0 amide bonds. The maximum absolute atomic E-state index is 10.9. The Bertz CT molecular complexity index is 709. The summed E-state index contributed by atoms with van der Waals surface area (Å²) in [6, 6.07) is 15.3. The van der Waals surface area contributed by atoms with Gasteiger partial charge >= 0.3 is 0 Å². The molecule has 5 nitrogen and oxygen atoms in total. The average Bonchev–Trinajstić information content (AvgIpc) is 2.62. The third kappa shape index (κ3) is 3.74. The molecule has 2 aromatic rings. The molecule has 1 saturated heterocycles. The molecule has 0 aromatic heterocycles. The zero-order chi connectivity index (χ0) is 16.9. The van der Waals surface area contributed by atoms with Gasteiger partial charge < -0.3 is 9.64 Å². The fourth-order valence-corrected chi connectivity index (χ4v) is 3.59. The minimum atomic E-state index is -0.327. The molecule has 0 bridgehead atoms. The number of non-ortho nitro benzene ring substituents is 1. The maximum Gasteiger partial charge on any atom is 0.269 e. The number of hydrogen-bond donors (Lipinski definition) is 1. The van der Waals surface area contributed by atoms with Crippen LogP contribution in [-0.2, 0) is 6.54 Å². The Morgan fingerprint density at radius 3 is 2.62 bits per heavy atom. The lowest BCUT2D eigenvalue weighted by atomic mass is 9.88. The Labute approximate surface area is 142 Å². The van der Waals surface area contributed by atoms with Crippen molar-refractivity contribution in [3.05, 3.63) is 69.8 Å². The maximum atomic E-state index is 10.9. The Kier molecular flexibility index (Phi) is 5.11. The van der Waals surface area contributed by atoms with Gasteiger partial charge in [0.25, 0.3) is 5.69 Å². The van der Waals surface area contributed by atoms with E-state index >= 15 is 0 Å². The largest absolute Gasteiger partial charge is 0.496 e. The van der Waals surface area contributed by atoms with E-state index in [1.165, 1.54) is 10.5 Å². The molecule has 0 unspecified atom stereocenters. The molecule has 1 heterocycles. The number of para-hydroxylation sites is 1. The summed E-state index contributed by atoms with van der Waals surface area (Å²) in [4.78, 5) is 12.1. The molecule has 0 spiro atoms. The number of methoxy groups -OCH3 is 1. The molecule has 2 aromatic carbocycles. The summed E-state index contributed by atoms with van der Waals surface area (Å²) in [7, 11) is 1.72. The number of likely N-dealkylation sites (tertiary alicyclic amines) is 1. The van der Waals surface area contributed by atoms with Gasteiger partial charge in [0.15, 0.2) is 0 Å². The highest BCUT2D eigenvalue weighted by Gasteiger charge is 2.25. The number of quaternary nitrogens is 1. The first kappa shape index (κ1) is 16.5. The fourth-order valence-electron chi connectivity index (χ4n) is 3.59. The van der Waals surface area contributed by atoms with Gasteiger partial charge in [0.2, 0.25) is 0 Å². The zero-order valence-electron chi connectivity index (χ0n) is 13.9. The van der Waals surface area contributed by atoms with Gasteiger partial charge in [-0.2, -0.15) is 0 Å². The van der Waals surface area contributed by atoms with Gasteiger partial charge in [0.1, 0.15) is 12.3 Å². The first-order valence-corrected chi connectivity index (χ1v) is 8.37. The molecular weight excluding hydrogens is 304 g/mol. The molecule has 5 heteroatoms. The van der Waals surface area contributed by atoms with Crippen LogP contribution in [0, 0.1) is 10.1 Å². The van der Waals surface area contributed by atoms with Gasteiger partial charge in [-0.3, -0.25) is 10.1 Å². The van der Waals surface area contributed by atoms with E-state index in [0.29, 0.717) is 5.92 Å². The first-order valence-electron chi connectivity index (χ1n) is 8.37. The van der Waals surface area contributed by atoms with Crippen molar-refractivity contribution in [2.24, 2.45) is 0 Å². The summed E-state index contributed by atoms with van der Waals surface area (Å²) in [5, 5.41) is 10.9. The van der Waals surface area contributed by atoms with Crippen molar-refractivity contribution in [1.82, 2.24) is 0 Å². The second-order valence-electron chi connectivity index (χ2n) is 6.37. The number of nitrogens with one attached hydrogen (secondary N) is 1. The lowest BCUT2D eigenvalue weighted by Gasteiger charge is -2.30. The number of benzene rings is 2. The van der Waals surface area contributed by atoms with Crippen LogP contribution in [-0.4, -0.2) is 25.1 Å². The molecule has 1 aliphatic rings. The van der Waals surface area contributed by atoms with Gasteiger partial charge in [0, 0.05) is 30.5 Å². The van der Waals surface area contributed by atoms with Crippen molar-refractivity contribution < 1.29 is 14.6 Å². The van der Waals surface area contributed by atoms with Gasteiger partial charge in [-0.25, -0.2) is 0 Å². The molecule has 126 valence electrons. The highest BCUT2D eigenvalue weighted by Crippen LogP contribution is 2.31. The predicted octanol–water partition coefficient (Wildman–Crippen LogP) is 2.57. The second-order valence-corrected chi connectivity index (χ2v) is 6.37. The Hall–Kier alpha value is -2.40. The monoisotopic (exact) mass is 327 g/mol. The topological polar surface area (TPSA) is 56.8 Å². The van der Waals surface area contributed by atoms with Crippen LogP contribution >= 0.6 is 0 Å². The van der Waals surface area contributed by atoms with E-state index in [-0.39, 0.29) is 10.6 Å².